The van der Waals surface area contributed by atoms with E-state index in [2.05, 4.69) is 16.0 Å². The number of hydrogen-bond donors (Lipinski definition) is 3. The summed E-state index contributed by atoms with van der Waals surface area (Å²) in [7, 11) is 1.62. The Balaban J connectivity index is 1.39. The second-order valence-electron chi connectivity index (χ2n) is 11.9. The molecule has 4 amide bonds. The lowest BCUT2D eigenvalue weighted by Crippen LogP contribution is -2.62. The first-order valence-corrected chi connectivity index (χ1v) is 15.6. The van der Waals surface area contributed by atoms with Crippen molar-refractivity contribution < 1.29 is 28.0 Å². The van der Waals surface area contributed by atoms with Crippen molar-refractivity contribution in [1.29, 1.82) is 0 Å². The number of carbonyl (C=O) groups excluding carboxylic acids is 4. The van der Waals surface area contributed by atoms with E-state index < -0.39 is 53.5 Å². The van der Waals surface area contributed by atoms with E-state index >= 15 is 0 Å². The number of amides is 4. The first kappa shape index (κ1) is 32.7. The monoisotopic (exact) mass is 631 g/mol. The number of rotatable bonds is 9. The molecule has 0 spiro atoms. The molecule has 2 aliphatic rings. The molecule has 4 atom stereocenters. The summed E-state index contributed by atoms with van der Waals surface area (Å²) in [4.78, 5) is 57.7. The first-order valence-electron chi connectivity index (χ1n) is 15.6. The molecule has 0 bridgehead atoms. The molecular formula is C35H39F2N5O4. The molecule has 9 nitrogen and oxygen atoms in total. The molecule has 3 aromatic carbocycles. The fourth-order valence-corrected chi connectivity index (χ4v) is 6.22. The highest BCUT2D eigenvalue weighted by Crippen LogP contribution is 2.31. The van der Waals surface area contributed by atoms with E-state index in [0.29, 0.717) is 19.3 Å². The van der Waals surface area contributed by atoms with E-state index in [-0.39, 0.29) is 37.0 Å². The summed E-state index contributed by atoms with van der Waals surface area (Å²) in [5.74, 6) is -3.23. The average Bonchev–Trinajstić information content (AvgIpc) is 3.49. The van der Waals surface area contributed by atoms with Crippen LogP contribution in [0.5, 0.6) is 0 Å². The van der Waals surface area contributed by atoms with Gasteiger partial charge in [-0.15, -0.1) is 0 Å². The van der Waals surface area contributed by atoms with Gasteiger partial charge in [0.05, 0.1) is 18.5 Å². The van der Waals surface area contributed by atoms with Crippen molar-refractivity contribution in [2.75, 3.05) is 20.1 Å². The van der Waals surface area contributed by atoms with Gasteiger partial charge in [0, 0.05) is 25.2 Å². The largest absolute Gasteiger partial charge is 0.343 e. The predicted octanol–water partition coefficient (Wildman–Crippen LogP) is 3.10. The van der Waals surface area contributed by atoms with Gasteiger partial charge in [0.25, 0.3) is 0 Å². The van der Waals surface area contributed by atoms with Crippen molar-refractivity contribution in [2.45, 2.75) is 62.8 Å². The molecule has 3 N–H and O–H groups in total. The van der Waals surface area contributed by atoms with Gasteiger partial charge in [0.2, 0.25) is 23.6 Å². The number of benzene rings is 3. The molecule has 11 heteroatoms. The molecule has 242 valence electrons. The zero-order chi connectivity index (χ0) is 32.8. The number of nitrogens with one attached hydrogen (secondary N) is 3. The van der Waals surface area contributed by atoms with Crippen LogP contribution in [0.1, 0.15) is 48.9 Å². The second kappa shape index (κ2) is 14.6. The fraction of sp³-hybridized carbons (Fsp3) is 0.371. The highest BCUT2D eigenvalue weighted by Gasteiger charge is 2.46. The number of hydrogen-bond acceptors (Lipinski definition) is 5. The van der Waals surface area contributed by atoms with Crippen molar-refractivity contribution in [1.82, 2.24) is 25.8 Å². The molecule has 2 heterocycles. The third-order valence-electron chi connectivity index (χ3n) is 8.90. The summed E-state index contributed by atoms with van der Waals surface area (Å²) in [5, 5.41) is 8.79. The lowest BCUT2D eigenvalue weighted by Gasteiger charge is -2.39. The maximum Gasteiger partial charge on any atom is 0.247 e. The highest BCUT2D eigenvalue weighted by molar-refractivity contribution is 5.94. The third kappa shape index (κ3) is 7.42. The Hall–Kier alpha value is -4.64. The Kier molecular flexibility index (Phi) is 10.4. The van der Waals surface area contributed by atoms with Crippen LogP contribution in [0.3, 0.4) is 0 Å². The van der Waals surface area contributed by atoms with Gasteiger partial charge in [-0.25, -0.2) is 8.78 Å². The predicted molar refractivity (Wildman–Crippen MR) is 168 cm³/mol. The molecule has 0 radical (unpaired) electrons. The van der Waals surface area contributed by atoms with E-state index in [1.807, 2.05) is 60.7 Å². The number of likely N-dealkylation sites (N-methyl/N-ethyl adjacent to an activating group) is 1. The molecule has 0 aromatic heterocycles. The highest BCUT2D eigenvalue weighted by atomic mass is 19.1. The Morgan fingerprint density at radius 1 is 0.913 bits per heavy atom. The van der Waals surface area contributed by atoms with Gasteiger partial charge in [-0.2, -0.15) is 0 Å². The van der Waals surface area contributed by atoms with Crippen LogP contribution in [0.25, 0.3) is 0 Å². The molecule has 5 rings (SSSR count). The Morgan fingerprint density at radius 3 is 2.17 bits per heavy atom. The SMILES string of the molecule is CN[C@@H](C)C(=O)N[C@H]1CN(C(=O)Cc2ccc(F)cc2F)CC[C@H]2CC[C@H](C(=O)NC(c3ccccc3)c3ccccc3)N2C1=O. The van der Waals surface area contributed by atoms with Crippen LogP contribution in [0.4, 0.5) is 8.78 Å². The zero-order valence-electron chi connectivity index (χ0n) is 25.9. The van der Waals surface area contributed by atoms with Crippen LogP contribution in [0, 0.1) is 11.6 Å². The molecule has 0 unspecified atom stereocenters. The Bertz CT molecular complexity index is 1520. The van der Waals surface area contributed by atoms with Crippen LogP contribution in [-0.4, -0.2) is 77.7 Å². The summed E-state index contributed by atoms with van der Waals surface area (Å²) < 4.78 is 27.8. The number of halogens is 2. The number of fused-ring (bicyclic) bond motifs is 1. The Labute approximate surface area is 267 Å². The van der Waals surface area contributed by atoms with Crippen LogP contribution in [-0.2, 0) is 25.6 Å². The minimum absolute atomic E-state index is 0.0368. The van der Waals surface area contributed by atoms with Gasteiger partial charge >= 0.3 is 0 Å². The molecular weight excluding hydrogens is 592 g/mol. The van der Waals surface area contributed by atoms with Gasteiger partial charge in [-0.05, 0) is 56.0 Å². The van der Waals surface area contributed by atoms with Crippen molar-refractivity contribution in [3.8, 4) is 0 Å². The zero-order valence-corrected chi connectivity index (χ0v) is 25.9. The third-order valence-corrected chi connectivity index (χ3v) is 8.90. The molecule has 2 aliphatic heterocycles. The minimum atomic E-state index is -1.14. The average molecular weight is 632 g/mol. The molecule has 0 aliphatic carbocycles. The topological polar surface area (TPSA) is 111 Å². The van der Waals surface area contributed by atoms with Gasteiger partial charge in [-0.3, -0.25) is 19.2 Å². The fourth-order valence-electron chi connectivity index (χ4n) is 6.22. The standard InChI is InChI=1S/C35H39F2N5O4/c1-22(38-2)33(44)39-29-21-41(31(43)19-25-13-14-26(36)20-28(25)37)18-17-27-15-16-30(42(27)35(29)46)34(45)40-32(23-9-5-3-6-10-23)24-11-7-4-8-12-24/h3-14,20,22,27,29-30,32,38H,15-19,21H2,1-2H3,(H,39,44)(H,40,45)/t22-,27+,29-,30+/m0/s1. The molecule has 3 aromatic rings. The van der Waals surface area contributed by atoms with E-state index in [4.69, 9.17) is 0 Å². The van der Waals surface area contributed by atoms with E-state index in [1.165, 1.54) is 11.0 Å². The van der Waals surface area contributed by atoms with Crippen molar-refractivity contribution in [2.24, 2.45) is 0 Å². The minimum Gasteiger partial charge on any atom is -0.343 e. The normalized spacial score (nSPS) is 20.5. The maximum absolute atomic E-state index is 14.4. The maximum atomic E-state index is 14.4. The Morgan fingerprint density at radius 2 is 1.57 bits per heavy atom. The summed E-state index contributed by atoms with van der Waals surface area (Å²) in [6.45, 7) is 1.72. The molecule has 2 fully saturated rings. The van der Waals surface area contributed by atoms with Gasteiger partial charge < -0.3 is 25.8 Å². The van der Waals surface area contributed by atoms with E-state index in [9.17, 15) is 28.0 Å². The van der Waals surface area contributed by atoms with Crippen LogP contribution in [0.15, 0.2) is 78.9 Å². The van der Waals surface area contributed by atoms with E-state index in [0.717, 1.165) is 23.3 Å². The summed E-state index contributed by atoms with van der Waals surface area (Å²) >= 11 is 0. The first-order chi connectivity index (χ1) is 22.2. The summed E-state index contributed by atoms with van der Waals surface area (Å²) in [5.41, 5.74) is 1.83. The van der Waals surface area contributed by atoms with Crippen molar-refractivity contribution in [3.05, 3.63) is 107 Å². The van der Waals surface area contributed by atoms with Crippen LogP contribution < -0.4 is 16.0 Å². The number of nitrogens with zero attached hydrogens (tertiary/aromatic N) is 2. The quantitative estimate of drug-likeness (QED) is 0.336. The smallest absolute Gasteiger partial charge is 0.247 e. The molecule has 2 saturated heterocycles. The molecule has 0 saturated carbocycles. The summed E-state index contributed by atoms with van der Waals surface area (Å²) in [6.07, 6.45) is 1.03. The molecule has 46 heavy (non-hydrogen) atoms. The van der Waals surface area contributed by atoms with Gasteiger partial charge in [-0.1, -0.05) is 66.7 Å². The van der Waals surface area contributed by atoms with Crippen LogP contribution >= 0.6 is 0 Å². The van der Waals surface area contributed by atoms with Gasteiger partial charge in [0.1, 0.15) is 23.7 Å². The lowest BCUT2D eigenvalue weighted by atomic mass is 9.98. The summed E-state index contributed by atoms with van der Waals surface area (Å²) in [6, 6.07) is 18.9. The van der Waals surface area contributed by atoms with Crippen LogP contribution in [0.2, 0.25) is 0 Å². The second-order valence-corrected chi connectivity index (χ2v) is 11.9. The van der Waals surface area contributed by atoms with Crippen molar-refractivity contribution in [3.63, 3.8) is 0 Å². The lowest BCUT2D eigenvalue weighted by molar-refractivity contribution is -0.147. The van der Waals surface area contributed by atoms with Crippen molar-refractivity contribution >= 4 is 23.6 Å². The van der Waals surface area contributed by atoms with E-state index in [1.54, 1.807) is 18.9 Å². The van der Waals surface area contributed by atoms with Gasteiger partial charge in [0.15, 0.2) is 0 Å². The number of carbonyl (C=O) groups is 4.